The van der Waals surface area contributed by atoms with Crippen LogP contribution in [0.5, 0.6) is 5.75 Å². The second-order valence-corrected chi connectivity index (χ2v) is 9.39. The van der Waals surface area contributed by atoms with Crippen LogP contribution in [0.1, 0.15) is 41.9 Å². The molecule has 3 rings (SSSR count). The number of nitrogens with one attached hydrogen (secondary N) is 1. The van der Waals surface area contributed by atoms with Crippen molar-refractivity contribution < 1.29 is 17.9 Å². The van der Waals surface area contributed by atoms with Crippen molar-refractivity contribution in [2.45, 2.75) is 39.7 Å². The number of amides is 1. The molecule has 8 nitrogen and oxygen atoms in total. The summed E-state index contributed by atoms with van der Waals surface area (Å²) in [7, 11) is -2.99. The topological polar surface area (TPSA) is 103 Å². The van der Waals surface area contributed by atoms with Gasteiger partial charge in [0.2, 0.25) is 0 Å². The van der Waals surface area contributed by atoms with Gasteiger partial charge < -0.3 is 4.74 Å². The molecule has 0 bridgehead atoms. The number of rotatable bonds is 7. The Balaban J connectivity index is 1.56. The Morgan fingerprint density at radius 2 is 2.07 bits per heavy atom. The van der Waals surface area contributed by atoms with Crippen LogP contribution in [0.3, 0.4) is 0 Å². The molecule has 29 heavy (non-hydrogen) atoms. The molecule has 1 aliphatic rings. The minimum absolute atomic E-state index is 0.110. The third-order valence-corrected chi connectivity index (χ3v) is 6.77. The molecule has 1 amide bonds. The number of benzene rings is 1. The van der Waals surface area contributed by atoms with Crippen LogP contribution in [-0.4, -0.2) is 48.4 Å². The maximum atomic E-state index is 11.9. The molecule has 0 aliphatic carbocycles. The Hall–Kier alpha value is -2.68. The molecule has 0 radical (unpaired) electrons. The van der Waals surface area contributed by atoms with Crippen molar-refractivity contribution in [3.05, 3.63) is 46.8 Å². The predicted molar refractivity (Wildman–Crippen MR) is 111 cm³/mol. The number of sulfone groups is 1. The lowest BCUT2D eigenvalue weighted by Gasteiger charge is -2.10. The Kier molecular flexibility index (Phi) is 6.36. The van der Waals surface area contributed by atoms with Gasteiger partial charge in [-0.15, -0.1) is 0 Å². The molecule has 1 aromatic heterocycles. The van der Waals surface area contributed by atoms with E-state index in [1.807, 2.05) is 38.1 Å². The van der Waals surface area contributed by atoms with Crippen molar-refractivity contribution in [1.29, 1.82) is 0 Å². The van der Waals surface area contributed by atoms with E-state index in [9.17, 15) is 13.2 Å². The lowest BCUT2D eigenvalue weighted by Crippen LogP contribution is -2.24. The Morgan fingerprint density at radius 1 is 1.34 bits per heavy atom. The van der Waals surface area contributed by atoms with E-state index in [4.69, 9.17) is 4.74 Å². The summed E-state index contributed by atoms with van der Waals surface area (Å²) in [4.78, 5) is 11.9. The number of nitrogens with zero attached hydrogens (tertiary/aromatic N) is 3. The van der Waals surface area contributed by atoms with E-state index in [-0.39, 0.29) is 30.1 Å². The summed E-state index contributed by atoms with van der Waals surface area (Å²) < 4.78 is 30.7. The first-order valence-electron chi connectivity index (χ1n) is 9.59. The van der Waals surface area contributed by atoms with Crippen molar-refractivity contribution in [3.63, 3.8) is 0 Å². The largest absolute Gasteiger partial charge is 0.484 e. The highest BCUT2D eigenvalue weighted by Crippen LogP contribution is 2.26. The standard InChI is InChI=1S/C20H26N4O4S/c1-4-16-5-7-18(8-6-16)28-12-20(25)22-21-11-19-14(2)23-24(15(19)3)17-9-10-29(26,27)13-17/h5-8,11,17H,4,9-10,12-13H2,1-3H3,(H,22,25)/b21-11-/t17-/m1/s1. The Bertz CT molecular complexity index is 1010. The molecule has 0 saturated carbocycles. The fraction of sp³-hybridized carbons (Fsp3) is 0.450. The van der Waals surface area contributed by atoms with Crippen LogP contribution < -0.4 is 10.2 Å². The molecule has 1 N–H and O–H groups in total. The van der Waals surface area contributed by atoms with Crippen molar-refractivity contribution in [3.8, 4) is 5.75 Å². The summed E-state index contributed by atoms with van der Waals surface area (Å²) in [6, 6.07) is 7.44. The van der Waals surface area contributed by atoms with Crippen LogP contribution in [0.25, 0.3) is 0 Å². The zero-order chi connectivity index (χ0) is 21.0. The molecule has 1 aromatic carbocycles. The van der Waals surface area contributed by atoms with Gasteiger partial charge in [-0.3, -0.25) is 9.48 Å². The molecule has 2 heterocycles. The van der Waals surface area contributed by atoms with Crippen molar-refractivity contribution >= 4 is 22.0 Å². The summed E-state index contributed by atoms with van der Waals surface area (Å²) in [5, 5.41) is 8.46. The minimum Gasteiger partial charge on any atom is -0.484 e. The number of ether oxygens (including phenoxy) is 1. The number of carbonyl (C=O) groups is 1. The van der Waals surface area contributed by atoms with Gasteiger partial charge in [-0.05, 0) is 44.4 Å². The summed E-state index contributed by atoms with van der Waals surface area (Å²) in [5.74, 6) is 0.557. The van der Waals surface area contributed by atoms with Crippen molar-refractivity contribution in [2.75, 3.05) is 18.1 Å². The molecule has 1 aliphatic heterocycles. The van der Waals surface area contributed by atoms with Crippen LogP contribution in [0, 0.1) is 13.8 Å². The summed E-state index contributed by atoms with van der Waals surface area (Å²) in [5.41, 5.74) is 5.98. The molecular weight excluding hydrogens is 392 g/mol. The maximum Gasteiger partial charge on any atom is 0.277 e. The van der Waals surface area contributed by atoms with E-state index < -0.39 is 9.84 Å². The number of hydrogen-bond acceptors (Lipinski definition) is 6. The van der Waals surface area contributed by atoms with Gasteiger partial charge in [0, 0.05) is 11.3 Å². The third-order valence-electron chi connectivity index (χ3n) is 5.02. The molecule has 9 heteroatoms. The number of aryl methyl sites for hydroxylation is 2. The van der Waals surface area contributed by atoms with Crippen LogP contribution in [0.4, 0.5) is 0 Å². The van der Waals surface area contributed by atoms with E-state index in [2.05, 4.69) is 22.5 Å². The van der Waals surface area contributed by atoms with Crippen LogP contribution in [0.15, 0.2) is 29.4 Å². The maximum absolute atomic E-state index is 11.9. The minimum atomic E-state index is -2.99. The molecule has 0 spiro atoms. The highest BCUT2D eigenvalue weighted by atomic mass is 32.2. The van der Waals surface area contributed by atoms with Crippen molar-refractivity contribution in [1.82, 2.24) is 15.2 Å². The van der Waals surface area contributed by atoms with Gasteiger partial charge in [0.25, 0.3) is 5.91 Å². The quantitative estimate of drug-likeness (QED) is 0.547. The van der Waals surface area contributed by atoms with E-state index in [0.29, 0.717) is 12.2 Å². The van der Waals surface area contributed by atoms with Gasteiger partial charge in [0.05, 0.1) is 29.5 Å². The van der Waals surface area contributed by atoms with E-state index in [0.717, 1.165) is 23.4 Å². The Labute approximate surface area is 170 Å². The fourth-order valence-electron chi connectivity index (χ4n) is 3.36. The smallest absolute Gasteiger partial charge is 0.277 e. The first-order valence-corrected chi connectivity index (χ1v) is 11.4. The second kappa shape index (κ2) is 8.77. The monoisotopic (exact) mass is 418 g/mol. The molecular formula is C20H26N4O4S. The average molecular weight is 419 g/mol. The summed E-state index contributed by atoms with van der Waals surface area (Å²) >= 11 is 0. The highest BCUT2D eigenvalue weighted by molar-refractivity contribution is 7.91. The van der Waals surface area contributed by atoms with Gasteiger partial charge in [-0.1, -0.05) is 19.1 Å². The molecule has 0 unspecified atom stereocenters. The number of carbonyl (C=O) groups excluding carboxylic acids is 1. The predicted octanol–water partition coefficient (Wildman–Crippen LogP) is 1.95. The van der Waals surface area contributed by atoms with Gasteiger partial charge in [-0.25, -0.2) is 13.8 Å². The number of aromatic nitrogens is 2. The lowest BCUT2D eigenvalue weighted by atomic mass is 10.2. The third kappa shape index (κ3) is 5.23. The normalized spacial score (nSPS) is 18.2. The Morgan fingerprint density at radius 3 is 2.69 bits per heavy atom. The zero-order valence-corrected chi connectivity index (χ0v) is 17.7. The summed E-state index contributed by atoms with van der Waals surface area (Å²) in [6.07, 6.45) is 3.04. The zero-order valence-electron chi connectivity index (χ0n) is 16.9. The van der Waals surface area contributed by atoms with Crippen LogP contribution in [-0.2, 0) is 21.1 Å². The second-order valence-electron chi connectivity index (χ2n) is 7.17. The summed E-state index contributed by atoms with van der Waals surface area (Å²) in [6.45, 7) is 5.64. The number of hydrazone groups is 1. The molecule has 1 fully saturated rings. The van der Waals surface area contributed by atoms with Crippen LogP contribution in [0.2, 0.25) is 0 Å². The average Bonchev–Trinajstić information content (AvgIpc) is 3.19. The first-order chi connectivity index (χ1) is 13.8. The lowest BCUT2D eigenvalue weighted by molar-refractivity contribution is -0.123. The highest BCUT2D eigenvalue weighted by Gasteiger charge is 2.31. The van der Waals surface area contributed by atoms with E-state index in [1.54, 1.807) is 4.68 Å². The van der Waals surface area contributed by atoms with Gasteiger partial charge in [0.1, 0.15) is 5.75 Å². The van der Waals surface area contributed by atoms with Crippen molar-refractivity contribution in [2.24, 2.45) is 5.10 Å². The molecule has 2 aromatic rings. The van der Waals surface area contributed by atoms with Gasteiger partial charge >= 0.3 is 0 Å². The molecule has 1 saturated heterocycles. The van der Waals surface area contributed by atoms with E-state index >= 15 is 0 Å². The molecule has 156 valence electrons. The number of hydrogen-bond donors (Lipinski definition) is 1. The van der Waals surface area contributed by atoms with Gasteiger partial charge in [-0.2, -0.15) is 10.2 Å². The molecule has 1 atom stereocenters. The van der Waals surface area contributed by atoms with E-state index in [1.165, 1.54) is 11.8 Å². The SMILES string of the molecule is CCc1ccc(OCC(=O)N/N=C\c2c(C)nn([C@@H]3CCS(=O)(=O)C3)c2C)cc1. The first kappa shape index (κ1) is 21.0. The van der Waals surface area contributed by atoms with Crippen LogP contribution >= 0.6 is 0 Å². The fourth-order valence-corrected chi connectivity index (χ4v) is 5.05. The van der Waals surface area contributed by atoms with Gasteiger partial charge in [0.15, 0.2) is 16.4 Å².